The molecule has 0 unspecified atom stereocenters. The molecule has 6 heteroatoms. The lowest BCUT2D eigenvalue weighted by Gasteiger charge is -1.99. The molecule has 0 saturated carbocycles. The van der Waals surface area contributed by atoms with E-state index >= 15 is 0 Å². The normalized spacial score (nSPS) is 11.5. The van der Waals surface area contributed by atoms with E-state index in [1.165, 1.54) is 6.33 Å². The molecule has 6 nitrogen and oxygen atoms in total. The number of hydrogen-bond acceptors (Lipinski definition) is 4. The summed E-state index contributed by atoms with van der Waals surface area (Å²) in [6, 6.07) is 18.1. The summed E-state index contributed by atoms with van der Waals surface area (Å²) in [4.78, 5) is 7.37. The van der Waals surface area contributed by atoms with Gasteiger partial charge in [-0.25, -0.2) is 5.10 Å². The van der Waals surface area contributed by atoms with E-state index in [-0.39, 0.29) is 0 Å². The molecule has 0 aliphatic carbocycles. The summed E-state index contributed by atoms with van der Waals surface area (Å²) in [6.45, 7) is 0. The minimum Gasteiger partial charge on any atom is -0.353 e. The molecule has 4 aromatic rings. The summed E-state index contributed by atoms with van der Waals surface area (Å²) < 4.78 is 0. The minimum atomic E-state index is 0.379. The topological polar surface area (TPSA) is 82.1 Å². The van der Waals surface area contributed by atoms with Crippen LogP contribution < -0.4 is 0 Å². The third-order valence-corrected chi connectivity index (χ3v) is 3.39. The van der Waals surface area contributed by atoms with Crippen LogP contribution in [0.2, 0.25) is 0 Å². The van der Waals surface area contributed by atoms with Crippen LogP contribution in [0.4, 0.5) is 11.6 Å². The Balaban J connectivity index is 1.90. The maximum atomic E-state index is 4.37. The SMILES string of the molecule is c1ccc(-c2[nH]c3ccccc3c2N=Nc2ncn[nH]2)cc1. The van der Waals surface area contributed by atoms with E-state index in [0.717, 1.165) is 27.8 Å². The number of nitrogens with one attached hydrogen (secondary N) is 2. The highest BCUT2D eigenvalue weighted by atomic mass is 15.3. The summed E-state index contributed by atoms with van der Waals surface area (Å²) in [6.07, 6.45) is 1.40. The van der Waals surface area contributed by atoms with E-state index in [9.17, 15) is 0 Å². The summed E-state index contributed by atoms with van der Waals surface area (Å²) in [7, 11) is 0. The third-order valence-electron chi connectivity index (χ3n) is 3.39. The van der Waals surface area contributed by atoms with Crippen LogP contribution in [0.15, 0.2) is 71.2 Å². The maximum Gasteiger partial charge on any atom is 0.264 e. The fourth-order valence-electron chi connectivity index (χ4n) is 2.39. The van der Waals surface area contributed by atoms with E-state index in [2.05, 4.69) is 30.4 Å². The molecule has 22 heavy (non-hydrogen) atoms. The van der Waals surface area contributed by atoms with Crippen LogP contribution in [0.25, 0.3) is 22.2 Å². The Morgan fingerprint density at radius 3 is 2.50 bits per heavy atom. The Labute approximate surface area is 126 Å². The van der Waals surface area contributed by atoms with E-state index in [1.807, 2.05) is 54.6 Å². The molecule has 106 valence electrons. The first kappa shape index (κ1) is 12.5. The molecule has 2 heterocycles. The van der Waals surface area contributed by atoms with Crippen molar-refractivity contribution < 1.29 is 0 Å². The first-order valence-electron chi connectivity index (χ1n) is 6.85. The van der Waals surface area contributed by atoms with Crippen molar-refractivity contribution in [2.45, 2.75) is 0 Å². The quantitative estimate of drug-likeness (QED) is 0.549. The first-order valence-corrected chi connectivity index (χ1v) is 6.85. The molecule has 0 fully saturated rings. The Kier molecular flexibility index (Phi) is 2.97. The molecule has 0 aliphatic heterocycles. The highest BCUT2D eigenvalue weighted by molar-refractivity contribution is 5.99. The molecular weight excluding hydrogens is 276 g/mol. The number of azo groups is 1. The van der Waals surface area contributed by atoms with Crippen molar-refractivity contribution in [1.29, 1.82) is 0 Å². The lowest BCUT2D eigenvalue weighted by Crippen LogP contribution is -1.76. The molecule has 0 amide bonds. The molecule has 2 aromatic heterocycles. The third kappa shape index (κ3) is 2.16. The van der Waals surface area contributed by atoms with Gasteiger partial charge in [0.05, 0.1) is 5.69 Å². The predicted octanol–water partition coefficient (Wildman–Crippen LogP) is 4.37. The number of aromatic nitrogens is 4. The van der Waals surface area contributed by atoms with Gasteiger partial charge in [-0.05, 0) is 6.07 Å². The molecule has 0 saturated heterocycles. The van der Waals surface area contributed by atoms with Gasteiger partial charge >= 0.3 is 0 Å². The molecular formula is C16H12N6. The van der Waals surface area contributed by atoms with Crippen molar-refractivity contribution in [3.05, 3.63) is 60.9 Å². The zero-order valence-corrected chi connectivity index (χ0v) is 11.6. The number of para-hydroxylation sites is 1. The van der Waals surface area contributed by atoms with Gasteiger partial charge in [-0.1, -0.05) is 48.5 Å². The Bertz CT molecular complexity index is 922. The molecule has 0 bridgehead atoms. The van der Waals surface area contributed by atoms with Crippen LogP contribution in [0.5, 0.6) is 0 Å². The number of fused-ring (bicyclic) bond motifs is 1. The highest BCUT2D eigenvalue weighted by Crippen LogP contribution is 2.37. The van der Waals surface area contributed by atoms with E-state index in [0.29, 0.717) is 5.95 Å². The highest BCUT2D eigenvalue weighted by Gasteiger charge is 2.12. The predicted molar refractivity (Wildman–Crippen MR) is 84.3 cm³/mol. The fourth-order valence-corrected chi connectivity index (χ4v) is 2.39. The molecule has 4 rings (SSSR count). The van der Waals surface area contributed by atoms with Crippen molar-refractivity contribution in [1.82, 2.24) is 20.2 Å². The average Bonchev–Trinajstić information content (AvgIpc) is 3.21. The van der Waals surface area contributed by atoms with Gasteiger partial charge in [-0.3, -0.25) is 0 Å². The van der Waals surface area contributed by atoms with Crippen LogP contribution in [0.1, 0.15) is 0 Å². The molecule has 0 atom stereocenters. The van der Waals surface area contributed by atoms with Crippen LogP contribution in [0.3, 0.4) is 0 Å². The van der Waals surface area contributed by atoms with Gasteiger partial charge in [0, 0.05) is 16.5 Å². The van der Waals surface area contributed by atoms with Gasteiger partial charge in [-0.2, -0.15) is 10.1 Å². The van der Waals surface area contributed by atoms with Crippen LogP contribution >= 0.6 is 0 Å². The second-order valence-corrected chi connectivity index (χ2v) is 4.77. The summed E-state index contributed by atoms with van der Waals surface area (Å²) in [5.74, 6) is 0.379. The molecule has 0 spiro atoms. The second kappa shape index (κ2) is 5.25. The largest absolute Gasteiger partial charge is 0.353 e. The second-order valence-electron chi connectivity index (χ2n) is 4.77. The molecule has 0 radical (unpaired) electrons. The van der Waals surface area contributed by atoms with E-state index < -0.39 is 0 Å². The number of benzene rings is 2. The number of rotatable bonds is 3. The van der Waals surface area contributed by atoms with Gasteiger partial charge in [0.1, 0.15) is 12.0 Å². The summed E-state index contributed by atoms with van der Waals surface area (Å²) in [5.41, 5.74) is 3.81. The number of H-pyrrole nitrogens is 2. The number of nitrogens with zero attached hydrogens (tertiary/aromatic N) is 4. The van der Waals surface area contributed by atoms with Crippen molar-refractivity contribution in [3.63, 3.8) is 0 Å². The number of aromatic amines is 2. The van der Waals surface area contributed by atoms with E-state index in [4.69, 9.17) is 0 Å². The fraction of sp³-hybridized carbons (Fsp3) is 0. The summed E-state index contributed by atoms with van der Waals surface area (Å²) in [5, 5.41) is 16.0. The van der Waals surface area contributed by atoms with Crippen molar-refractivity contribution in [3.8, 4) is 11.3 Å². The lowest BCUT2D eigenvalue weighted by atomic mass is 10.1. The average molecular weight is 288 g/mol. The van der Waals surface area contributed by atoms with Crippen molar-refractivity contribution in [2.75, 3.05) is 0 Å². The van der Waals surface area contributed by atoms with Gasteiger partial charge in [0.15, 0.2) is 0 Å². The maximum absolute atomic E-state index is 4.37. The van der Waals surface area contributed by atoms with Gasteiger partial charge in [0.25, 0.3) is 5.95 Å². The van der Waals surface area contributed by atoms with Gasteiger partial charge in [0.2, 0.25) is 0 Å². The lowest BCUT2D eigenvalue weighted by molar-refractivity contribution is 1.05. The standard InChI is InChI=1S/C16H12N6/c1-2-6-11(7-3-1)14-15(20-22-16-17-10-18-21-16)12-8-4-5-9-13(12)19-14/h1-10,19H,(H,17,18,21). The molecule has 2 N–H and O–H groups in total. The minimum absolute atomic E-state index is 0.379. The summed E-state index contributed by atoms with van der Waals surface area (Å²) >= 11 is 0. The van der Waals surface area contributed by atoms with Crippen molar-refractivity contribution >= 4 is 22.5 Å². The first-order chi connectivity index (χ1) is 10.9. The van der Waals surface area contributed by atoms with Gasteiger partial charge < -0.3 is 4.98 Å². The Morgan fingerprint density at radius 1 is 0.864 bits per heavy atom. The van der Waals surface area contributed by atoms with E-state index in [1.54, 1.807) is 0 Å². The Morgan fingerprint density at radius 2 is 1.68 bits per heavy atom. The zero-order valence-electron chi connectivity index (χ0n) is 11.6. The molecule has 2 aromatic carbocycles. The Hall–Kier alpha value is -3.28. The number of hydrogen-bond donors (Lipinski definition) is 2. The smallest absolute Gasteiger partial charge is 0.264 e. The zero-order chi connectivity index (χ0) is 14.8. The van der Waals surface area contributed by atoms with Gasteiger partial charge in [-0.15, -0.1) is 10.2 Å². The molecule has 0 aliphatic rings. The van der Waals surface area contributed by atoms with Crippen LogP contribution in [-0.2, 0) is 0 Å². The van der Waals surface area contributed by atoms with Crippen molar-refractivity contribution in [2.24, 2.45) is 10.2 Å². The van der Waals surface area contributed by atoms with Crippen LogP contribution in [-0.4, -0.2) is 20.2 Å². The van der Waals surface area contributed by atoms with Crippen LogP contribution in [0, 0.1) is 0 Å². The monoisotopic (exact) mass is 288 g/mol.